The zero-order valence-corrected chi connectivity index (χ0v) is 18.8. The Bertz CT molecular complexity index is 1040. The fourth-order valence-electron chi connectivity index (χ4n) is 3.55. The monoisotopic (exact) mass is 425 g/mol. The largest absolute Gasteiger partial charge is 0.491 e. The van der Waals surface area contributed by atoms with Crippen molar-refractivity contribution in [3.05, 3.63) is 42.5 Å². The highest BCUT2D eigenvalue weighted by atomic mass is 16.6. The number of nitrogens with two attached hydrogens (primary N) is 1. The number of carbonyl (C=O) groups excluding carboxylic acids is 1. The predicted octanol–water partition coefficient (Wildman–Crippen LogP) is 5.45. The Morgan fingerprint density at radius 1 is 1.06 bits per heavy atom. The molecule has 1 heterocycles. The average Bonchev–Trinajstić information content (AvgIpc) is 3.00. The van der Waals surface area contributed by atoms with E-state index in [1.54, 1.807) is 7.11 Å². The Morgan fingerprint density at radius 3 is 2.39 bits per heavy atom. The van der Waals surface area contributed by atoms with E-state index in [0.717, 1.165) is 27.9 Å². The Morgan fingerprint density at radius 2 is 1.77 bits per heavy atom. The molecule has 31 heavy (non-hydrogen) atoms. The molecule has 166 valence electrons. The molecule has 0 aliphatic rings. The number of amides is 1. The van der Waals surface area contributed by atoms with Crippen molar-refractivity contribution >= 4 is 28.4 Å². The summed E-state index contributed by atoms with van der Waals surface area (Å²) in [4.78, 5) is 11.8. The maximum Gasteiger partial charge on any atom is 0.411 e. The minimum absolute atomic E-state index is 0.177. The normalized spacial score (nSPS) is 11.3. The molecule has 3 rings (SSSR count). The molecule has 0 spiro atoms. The third-order valence-electron chi connectivity index (χ3n) is 4.83. The van der Waals surface area contributed by atoms with Gasteiger partial charge in [0.05, 0.1) is 29.6 Å². The number of nitrogen functional groups attached to an aromatic ring is 1. The number of carbonyl (C=O) groups is 1. The van der Waals surface area contributed by atoms with Gasteiger partial charge < -0.3 is 24.5 Å². The van der Waals surface area contributed by atoms with Crippen LogP contribution in [0.5, 0.6) is 5.75 Å². The van der Waals surface area contributed by atoms with Gasteiger partial charge >= 0.3 is 6.09 Å². The molecule has 7 heteroatoms. The van der Waals surface area contributed by atoms with E-state index < -0.39 is 6.09 Å². The van der Waals surface area contributed by atoms with Crippen molar-refractivity contribution in [3.63, 3.8) is 0 Å². The highest BCUT2D eigenvalue weighted by molar-refractivity contribution is 6.01. The molecule has 1 aromatic heterocycles. The second-order valence-corrected chi connectivity index (χ2v) is 7.90. The van der Waals surface area contributed by atoms with Crippen LogP contribution in [0.15, 0.2) is 42.5 Å². The molecule has 3 aromatic rings. The van der Waals surface area contributed by atoms with Crippen LogP contribution in [0.2, 0.25) is 0 Å². The van der Waals surface area contributed by atoms with Gasteiger partial charge in [-0.05, 0) is 52.0 Å². The van der Waals surface area contributed by atoms with Crippen LogP contribution < -0.4 is 15.8 Å². The first kappa shape index (κ1) is 22.5. The number of ether oxygens (including phenoxy) is 3. The first-order valence-electron chi connectivity index (χ1n) is 10.4. The Balaban J connectivity index is 1.96. The fourth-order valence-corrected chi connectivity index (χ4v) is 3.55. The summed E-state index contributed by atoms with van der Waals surface area (Å²) in [6.45, 7) is 8.88. The molecule has 0 bridgehead atoms. The molecule has 0 atom stereocenters. The number of fused-ring (bicyclic) bond motifs is 1. The van der Waals surface area contributed by atoms with E-state index in [1.807, 2.05) is 56.3 Å². The van der Waals surface area contributed by atoms with Crippen molar-refractivity contribution in [3.8, 4) is 17.0 Å². The highest BCUT2D eigenvalue weighted by Gasteiger charge is 2.19. The zero-order chi connectivity index (χ0) is 22.5. The summed E-state index contributed by atoms with van der Waals surface area (Å²) in [6.07, 6.45) is -0.649. The SMILES string of the molecule is COCCOc1ccc2c(N)c(-c3ccc(NC(=O)OC(C)C)cc3)n(C(C)C)c2c1. The third-order valence-corrected chi connectivity index (χ3v) is 4.83. The van der Waals surface area contributed by atoms with E-state index >= 15 is 0 Å². The van der Waals surface area contributed by atoms with Gasteiger partial charge in [-0.15, -0.1) is 0 Å². The Kier molecular flexibility index (Phi) is 7.07. The molecule has 2 aromatic carbocycles. The lowest BCUT2D eigenvalue weighted by Gasteiger charge is -2.16. The number of hydrogen-bond donors (Lipinski definition) is 2. The molecule has 0 saturated carbocycles. The number of hydrogen-bond acceptors (Lipinski definition) is 5. The van der Waals surface area contributed by atoms with Crippen molar-refractivity contribution in [1.82, 2.24) is 4.57 Å². The topological polar surface area (TPSA) is 87.7 Å². The molecule has 0 aliphatic carbocycles. The predicted molar refractivity (Wildman–Crippen MR) is 125 cm³/mol. The molecular weight excluding hydrogens is 394 g/mol. The molecule has 0 aliphatic heterocycles. The van der Waals surface area contributed by atoms with Gasteiger partial charge in [-0.1, -0.05) is 12.1 Å². The Labute approximate surface area is 183 Å². The van der Waals surface area contributed by atoms with Gasteiger partial charge in [0.15, 0.2) is 0 Å². The van der Waals surface area contributed by atoms with Crippen LogP contribution in [0.3, 0.4) is 0 Å². The van der Waals surface area contributed by atoms with Crippen LogP contribution in [-0.4, -0.2) is 37.1 Å². The number of nitrogens with one attached hydrogen (secondary N) is 1. The maximum atomic E-state index is 11.8. The maximum absolute atomic E-state index is 11.8. The van der Waals surface area contributed by atoms with Gasteiger partial charge in [0.1, 0.15) is 12.4 Å². The smallest absolute Gasteiger partial charge is 0.411 e. The average molecular weight is 426 g/mol. The minimum atomic E-state index is -0.473. The molecule has 0 saturated heterocycles. The molecule has 0 fully saturated rings. The van der Waals surface area contributed by atoms with Crippen molar-refractivity contribution in [2.24, 2.45) is 0 Å². The first-order valence-corrected chi connectivity index (χ1v) is 10.4. The summed E-state index contributed by atoms with van der Waals surface area (Å²) < 4.78 is 18.2. The highest BCUT2D eigenvalue weighted by Crippen LogP contribution is 2.40. The quantitative estimate of drug-likeness (QED) is 0.468. The minimum Gasteiger partial charge on any atom is -0.491 e. The molecule has 3 N–H and O–H groups in total. The van der Waals surface area contributed by atoms with Crippen molar-refractivity contribution in [2.45, 2.75) is 39.8 Å². The number of rotatable bonds is 8. The van der Waals surface area contributed by atoms with Gasteiger partial charge in [-0.25, -0.2) is 4.79 Å². The van der Waals surface area contributed by atoms with Crippen molar-refractivity contribution in [2.75, 3.05) is 31.4 Å². The molecule has 0 unspecified atom stereocenters. The summed E-state index contributed by atoms with van der Waals surface area (Å²) in [5.41, 5.74) is 10.9. The lowest BCUT2D eigenvalue weighted by molar-refractivity contribution is 0.130. The second-order valence-electron chi connectivity index (χ2n) is 7.90. The summed E-state index contributed by atoms with van der Waals surface area (Å²) in [5.74, 6) is 0.777. The molecule has 7 nitrogen and oxygen atoms in total. The van der Waals surface area contributed by atoms with Crippen LogP contribution in [0.4, 0.5) is 16.2 Å². The van der Waals surface area contributed by atoms with Crippen LogP contribution in [0.25, 0.3) is 22.2 Å². The standard InChI is InChI=1S/C24H31N3O4/c1-15(2)27-21-14-19(30-13-12-29-5)10-11-20(21)22(25)23(27)17-6-8-18(9-7-17)26-24(28)31-16(3)4/h6-11,14-16H,12-13,25H2,1-5H3,(H,26,28). The van der Waals surface area contributed by atoms with Gasteiger partial charge in [0.2, 0.25) is 0 Å². The van der Waals surface area contributed by atoms with Gasteiger partial charge in [0, 0.05) is 35.9 Å². The molecule has 0 radical (unpaired) electrons. The zero-order valence-electron chi connectivity index (χ0n) is 18.8. The van der Waals surface area contributed by atoms with Gasteiger partial charge in [-0.2, -0.15) is 0 Å². The summed E-state index contributed by atoms with van der Waals surface area (Å²) >= 11 is 0. The number of benzene rings is 2. The summed E-state index contributed by atoms with van der Waals surface area (Å²) in [5, 5.41) is 3.71. The number of nitrogens with zero attached hydrogens (tertiary/aromatic N) is 1. The number of aromatic nitrogens is 1. The third kappa shape index (κ3) is 5.11. The summed E-state index contributed by atoms with van der Waals surface area (Å²) in [7, 11) is 1.65. The van der Waals surface area contributed by atoms with E-state index in [0.29, 0.717) is 24.6 Å². The molecular formula is C24H31N3O4. The van der Waals surface area contributed by atoms with E-state index in [-0.39, 0.29) is 12.1 Å². The van der Waals surface area contributed by atoms with Crippen LogP contribution in [-0.2, 0) is 9.47 Å². The number of anilines is 2. The van der Waals surface area contributed by atoms with Crippen molar-refractivity contribution in [1.29, 1.82) is 0 Å². The summed E-state index contributed by atoms with van der Waals surface area (Å²) in [6, 6.07) is 13.7. The first-order chi connectivity index (χ1) is 14.8. The van der Waals surface area contributed by atoms with Gasteiger partial charge in [-0.3, -0.25) is 5.32 Å². The van der Waals surface area contributed by atoms with Gasteiger partial charge in [0.25, 0.3) is 0 Å². The van der Waals surface area contributed by atoms with Crippen LogP contribution in [0.1, 0.15) is 33.7 Å². The second kappa shape index (κ2) is 9.75. The van der Waals surface area contributed by atoms with Crippen LogP contribution >= 0.6 is 0 Å². The van der Waals surface area contributed by atoms with Crippen molar-refractivity contribution < 1.29 is 19.0 Å². The fraction of sp³-hybridized carbons (Fsp3) is 0.375. The van der Waals surface area contributed by atoms with Crippen LogP contribution in [0, 0.1) is 0 Å². The molecule has 1 amide bonds. The Hall–Kier alpha value is -3.19. The van der Waals surface area contributed by atoms with E-state index in [9.17, 15) is 4.79 Å². The van der Waals surface area contributed by atoms with E-state index in [2.05, 4.69) is 23.7 Å². The lowest BCUT2D eigenvalue weighted by atomic mass is 10.1. The van der Waals surface area contributed by atoms with E-state index in [1.165, 1.54) is 0 Å². The van der Waals surface area contributed by atoms with E-state index in [4.69, 9.17) is 19.9 Å². The lowest BCUT2D eigenvalue weighted by Crippen LogP contribution is -2.17. The number of methoxy groups -OCH3 is 1.